The van der Waals surface area contributed by atoms with E-state index in [1.165, 1.54) is 0 Å². The summed E-state index contributed by atoms with van der Waals surface area (Å²) in [7, 11) is -0.770. The molecule has 0 aromatic rings. The molecule has 0 amide bonds. The van der Waals surface area contributed by atoms with Gasteiger partial charge in [-0.1, -0.05) is 0 Å². The van der Waals surface area contributed by atoms with Gasteiger partial charge in [-0.2, -0.15) is 0 Å². The Morgan fingerprint density at radius 3 is 2.13 bits per heavy atom. The van der Waals surface area contributed by atoms with Gasteiger partial charge < -0.3 is 24.3 Å². The van der Waals surface area contributed by atoms with Crippen molar-refractivity contribution in [2.75, 3.05) is 40.0 Å². The molecule has 0 aliphatic rings. The molecule has 0 bridgehead atoms. The van der Waals surface area contributed by atoms with Crippen LogP contribution >= 0.6 is 0 Å². The summed E-state index contributed by atoms with van der Waals surface area (Å²) in [6.07, 6.45) is 0. The van der Waals surface area contributed by atoms with E-state index in [9.17, 15) is 0 Å². The summed E-state index contributed by atoms with van der Waals surface area (Å²) in [6, 6.07) is 0.783. The maximum absolute atomic E-state index is 5.62. The van der Waals surface area contributed by atoms with Gasteiger partial charge in [-0.05, 0) is 20.4 Å². The minimum atomic E-state index is -2.42. The van der Waals surface area contributed by atoms with Gasteiger partial charge in [0.25, 0.3) is 0 Å². The molecule has 6 heteroatoms. The van der Waals surface area contributed by atoms with Gasteiger partial charge in [-0.25, -0.2) is 0 Å². The van der Waals surface area contributed by atoms with Crippen LogP contribution in [0.3, 0.4) is 0 Å². The van der Waals surface area contributed by atoms with Gasteiger partial charge in [0.1, 0.15) is 0 Å². The molecular formula is C9H24N2O3Si. The SMILES string of the molecule is CCO[Si](CCNCCN)(OC)OCC. The van der Waals surface area contributed by atoms with E-state index >= 15 is 0 Å². The molecule has 0 heterocycles. The topological polar surface area (TPSA) is 65.7 Å². The maximum Gasteiger partial charge on any atom is 0.501 e. The van der Waals surface area contributed by atoms with Crippen LogP contribution in [0.1, 0.15) is 13.8 Å². The lowest BCUT2D eigenvalue weighted by Gasteiger charge is -2.27. The van der Waals surface area contributed by atoms with Crippen molar-refractivity contribution in [1.82, 2.24) is 5.32 Å². The number of nitrogens with one attached hydrogen (secondary N) is 1. The van der Waals surface area contributed by atoms with Gasteiger partial charge in [0.15, 0.2) is 0 Å². The van der Waals surface area contributed by atoms with Gasteiger partial charge >= 0.3 is 8.80 Å². The third-order valence-corrected chi connectivity index (χ3v) is 4.91. The fraction of sp³-hybridized carbons (Fsp3) is 1.00. The standard InChI is InChI=1S/C9H24N2O3Si/c1-4-13-15(12-3,14-5-2)9-8-11-7-6-10/h11H,4-10H2,1-3H3. The molecule has 5 nitrogen and oxygen atoms in total. The van der Waals surface area contributed by atoms with Crippen LogP contribution in [-0.4, -0.2) is 48.8 Å². The summed E-state index contributed by atoms with van der Waals surface area (Å²) in [4.78, 5) is 0. The van der Waals surface area contributed by atoms with Gasteiger partial charge in [0, 0.05) is 39.5 Å². The van der Waals surface area contributed by atoms with Crippen molar-refractivity contribution in [2.24, 2.45) is 5.73 Å². The Morgan fingerprint density at radius 1 is 1.13 bits per heavy atom. The third-order valence-electron chi connectivity index (χ3n) is 1.97. The molecule has 0 saturated carbocycles. The van der Waals surface area contributed by atoms with Crippen LogP contribution in [0.5, 0.6) is 0 Å². The lowest BCUT2D eigenvalue weighted by molar-refractivity contribution is 0.0867. The predicted octanol–water partition coefficient (Wildman–Crippen LogP) is 0.193. The molecule has 0 spiro atoms. The summed E-state index contributed by atoms with van der Waals surface area (Å²) in [6.45, 7) is 7.42. The lowest BCUT2D eigenvalue weighted by atomic mass is 10.6. The molecule has 0 aromatic heterocycles. The minimum absolute atomic E-state index is 0.622. The van der Waals surface area contributed by atoms with Gasteiger partial charge in [0.2, 0.25) is 0 Å². The van der Waals surface area contributed by atoms with E-state index in [0.717, 1.165) is 19.1 Å². The highest BCUT2D eigenvalue weighted by Crippen LogP contribution is 2.13. The zero-order chi connectivity index (χ0) is 11.6. The molecule has 0 unspecified atom stereocenters. The van der Waals surface area contributed by atoms with Crippen LogP contribution in [0.4, 0.5) is 0 Å². The van der Waals surface area contributed by atoms with E-state index in [1.807, 2.05) is 13.8 Å². The average Bonchev–Trinajstić information content (AvgIpc) is 2.25. The Hall–Kier alpha value is 0.0169. The van der Waals surface area contributed by atoms with Gasteiger partial charge in [-0.15, -0.1) is 0 Å². The van der Waals surface area contributed by atoms with Gasteiger partial charge in [0.05, 0.1) is 0 Å². The zero-order valence-corrected chi connectivity index (χ0v) is 11.0. The summed E-state index contributed by atoms with van der Waals surface area (Å²) in [5.41, 5.74) is 5.38. The quantitative estimate of drug-likeness (QED) is 0.419. The van der Waals surface area contributed by atoms with E-state index in [-0.39, 0.29) is 0 Å². The van der Waals surface area contributed by atoms with Crippen LogP contribution in [0.15, 0.2) is 0 Å². The second-order valence-corrected chi connectivity index (χ2v) is 5.89. The molecule has 3 N–H and O–H groups in total. The first-order valence-corrected chi connectivity index (χ1v) is 7.41. The van der Waals surface area contributed by atoms with E-state index in [4.69, 9.17) is 19.0 Å². The van der Waals surface area contributed by atoms with Crippen molar-refractivity contribution in [3.05, 3.63) is 0 Å². The van der Waals surface area contributed by atoms with Crippen molar-refractivity contribution >= 4 is 8.80 Å². The molecule has 0 saturated heterocycles. The summed E-state index contributed by atoms with van der Waals surface area (Å²) in [5, 5.41) is 3.21. The highest BCUT2D eigenvalue weighted by Gasteiger charge is 2.38. The first-order valence-electron chi connectivity index (χ1n) is 5.48. The number of hydrogen-bond donors (Lipinski definition) is 2. The number of rotatable bonds is 10. The molecule has 0 fully saturated rings. The maximum atomic E-state index is 5.62. The second kappa shape index (κ2) is 9.26. The smallest absolute Gasteiger partial charge is 0.377 e. The van der Waals surface area contributed by atoms with Crippen LogP contribution in [0, 0.1) is 0 Å². The molecule has 0 aromatic carbocycles. The lowest BCUT2D eigenvalue weighted by Crippen LogP contribution is -2.47. The Bertz CT molecular complexity index is 143. The van der Waals surface area contributed by atoms with Gasteiger partial charge in [-0.3, -0.25) is 0 Å². The Morgan fingerprint density at radius 2 is 1.73 bits per heavy atom. The zero-order valence-electron chi connectivity index (χ0n) is 10.0. The van der Waals surface area contributed by atoms with Crippen LogP contribution in [0.25, 0.3) is 0 Å². The second-order valence-electron chi connectivity index (χ2n) is 3.04. The van der Waals surface area contributed by atoms with Crippen molar-refractivity contribution < 1.29 is 13.3 Å². The number of hydrogen-bond acceptors (Lipinski definition) is 5. The van der Waals surface area contributed by atoms with Crippen molar-refractivity contribution in [3.8, 4) is 0 Å². The predicted molar refractivity (Wildman–Crippen MR) is 62.7 cm³/mol. The third kappa shape index (κ3) is 6.24. The molecular weight excluding hydrogens is 212 g/mol. The average molecular weight is 236 g/mol. The first-order chi connectivity index (χ1) is 7.24. The Balaban J connectivity index is 3.96. The monoisotopic (exact) mass is 236 g/mol. The van der Waals surface area contributed by atoms with Crippen LogP contribution < -0.4 is 11.1 Å². The molecule has 0 radical (unpaired) electrons. The fourth-order valence-corrected chi connectivity index (χ4v) is 3.49. The molecule has 0 atom stereocenters. The first kappa shape index (κ1) is 15.0. The largest absolute Gasteiger partial charge is 0.501 e. The summed E-state index contributed by atoms with van der Waals surface area (Å²) < 4.78 is 16.7. The van der Waals surface area contributed by atoms with E-state index in [2.05, 4.69) is 5.32 Å². The van der Waals surface area contributed by atoms with Crippen molar-refractivity contribution in [2.45, 2.75) is 19.9 Å². The van der Waals surface area contributed by atoms with Crippen molar-refractivity contribution in [3.63, 3.8) is 0 Å². The summed E-state index contributed by atoms with van der Waals surface area (Å²) in [5.74, 6) is 0. The molecule has 0 aliphatic carbocycles. The molecule has 0 rings (SSSR count). The highest BCUT2D eigenvalue weighted by molar-refractivity contribution is 6.60. The van der Waals surface area contributed by atoms with E-state index in [0.29, 0.717) is 19.8 Å². The number of nitrogens with two attached hydrogens (primary N) is 1. The van der Waals surface area contributed by atoms with Crippen LogP contribution in [0.2, 0.25) is 6.04 Å². The van der Waals surface area contributed by atoms with E-state index in [1.54, 1.807) is 7.11 Å². The van der Waals surface area contributed by atoms with Crippen LogP contribution in [-0.2, 0) is 13.3 Å². The molecule has 0 aliphatic heterocycles. The Labute approximate surface area is 93.6 Å². The van der Waals surface area contributed by atoms with E-state index < -0.39 is 8.80 Å². The fourth-order valence-electron chi connectivity index (χ4n) is 1.31. The summed E-state index contributed by atoms with van der Waals surface area (Å²) >= 11 is 0. The highest BCUT2D eigenvalue weighted by atomic mass is 28.4. The Kier molecular flexibility index (Phi) is 9.27. The van der Waals surface area contributed by atoms with Crippen molar-refractivity contribution in [1.29, 1.82) is 0 Å². The normalized spacial score (nSPS) is 12.0. The minimum Gasteiger partial charge on any atom is -0.377 e. The molecule has 92 valence electrons. The molecule has 15 heavy (non-hydrogen) atoms.